The maximum absolute atomic E-state index is 12.4. The van der Waals surface area contributed by atoms with E-state index in [9.17, 15) is 9.18 Å². The van der Waals surface area contributed by atoms with Crippen molar-refractivity contribution in [3.63, 3.8) is 0 Å². The van der Waals surface area contributed by atoms with E-state index in [1.54, 1.807) is 0 Å². The predicted molar refractivity (Wildman–Crippen MR) is 34.5 cm³/mol. The zero-order valence-electron chi connectivity index (χ0n) is 5.69. The summed E-state index contributed by atoms with van der Waals surface area (Å²) < 4.78 is 12.4. The molecule has 1 saturated carbocycles. The summed E-state index contributed by atoms with van der Waals surface area (Å²) in [7, 11) is 0. The fourth-order valence-electron chi connectivity index (χ4n) is 1.87. The van der Waals surface area contributed by atoms with Gasteiger partial charge in [0.2, 0.25) is 0 Å². The van der Waals surface area contributed by atoms with Crippen molar-refractivity contribution in [3.8, 4) is 0 Å². The van der Waals surface area contributed by atoms with Crippen LogP contribution in [0.1, 0.15) is 19.3 Å². The van der Waals surface area contributed by atoms with Gasteiger partial charge in [-0.05, 0) is 12.8 Å². The summed E-state index contributed by atoms with van der Waals surface area (Å²) in [5, 5.41) is 3.06. The van der Waals surface area contributed by atoms with Crippen LogP contribution in [0.5, 0.6) is 0 Å². The molecule has 2 nitrogen and oxygen atoms in total. The molecule has 1 N–H and O–H groups in total. The molecule has 1 heterocycles. The van der Waals surface area contributed by atoms with E-state index in [1.807, 2.05) is 0 Å². The highest BCUT2D eigenvalue weighted by atomic mass is 19.1. The van der Waals surface area contributed by atoms with Gasteiger partial charge < -0.3 is 5.32 Å². The van der Waals surface area contributed by atoms with E-state index in [-0.39, 0.29) is 11.3 Å². The molecule has 0 bridgehead atoms. The van der Waals surface area contributed by atoms with Gasteiger partial charge in [0.25, 0.3) is 0 Å². The van der Waals surface area contributed by atoms with Crippen LogP contribution in [0.15, 0.2) is 0 Å². The molecule has 2 rings (SSSR count). The minimum atomic E-state index is -0.668. The van der Waals surface area contributed by atoms with Crippen LogP contribution in [0.2, 0.25) is 0 Å². The zero-order valence-corrected chi connectivity index (χ0v) is 5.69. The Hall–Kier alpha value is -0.440. The topological polar surface area (TPSA) is 29.1 Å². The van der Waals surface area contributed by atoms with Crippen LogP contribution in [0, 0.1) is 0 Å². The van der Waals surface area contributed by atoms with Crippen molar-refractivity contribution in [2.75, 3.05) is 6.54 Å². The second kappa shape index (κ2) is 1.78. The number of alkyl halides is 1. The summed E-state index contributed by atoms with van der Waals surface area (Å²) in [6.07, 6.45) is 0.962. The molecule has 56 valence electrons. The molecule has 0 radical (unpaired) electrons. The maximum Gasteiger partial charge on any atom is 0.148 e. The number of Topliss-reactive ketones (excluding diaryl/α,β-unsaturated/α-hetero) is 1. The van der Waals surface area contributed by atoms with Crippen molar-refractivity contribution in [2.45, 2.75) is 31.0 Å². The summed E-state index contributed by atoms with van der Waals surface area (Å²) in [5.74, 6) is 0.229. The van der Waals surface area contributed by atoms with Crippen LogP contribution in [0.25, 0.3) is 0 Å². The molecular weight excluding hydrogens is 133 g/mol. The molecule has 0 atom stereocenters. The molecule has 0 unspecified atom stereocenters. The van der Waals surface area contributed by atoms with Crippen molar-refractivity contribution in [2.24, 2.45) is 0 Å². The molecule has 0 aromatic carbocycles. The number of halogens is 1. The second-order valence-corrected chi connectivity index (χ2v) is 3.35. The molecule has 0 aromatic heterocycles. The minimum Gasteiger partial charge on any atom is -0.304 e. The van der Waals surface area contributed by atoms with Gasteiger partial charge in [-0.3, -0.25) is 4.79 Å². The Morgan fingerprint density at radius 3 is 2.70 bits per heavy atom. The van der Waals surface area contributed by atoms with Gasteiger partial charge in [-0.25, -0.2) is 4.39 Å². The van der Waals surface area contributed by atoms with E-state index in [2.05, 4.69) is 5.32 Å². The normalized spacial score (nSPS) is 46.1. The Balaban J connectivity index is 2.01. The Morgan fingerprint density at radius 2 is 2.30 bits per heavy atom. The van der Waals surface area contributed by atoms with E-state index in [1.165, 1.54) is 0 Å². The maximum atomic E-state index is 12.4. The van der Waals surface area contributed by atoms with Crippen molar-refractivity contribution >= 4 is 5.78 Å². The van der Waals surface area contributed by atoms with E-state index in [0.717, 1.165) is 0 Å². The SMILES string of the molecule is O=C1CNC2(C1)CC(F)C2. The van der Waals surface area contributed by atoms with E-state index in [0.29, 0.717) is 25.8 Å². The van der Waals surface area contributed by atoms with Crippen LogP contribution in [-0.4, -0.2) is 24.0 Å². The largest absolute Gasteiger partial charge is 0.304 e. The molecule has 0 aromatic rings. The van der Waals surface area contributed by atoms with Gasteiger partial charge in [0.05, 0.1) is 6.54 Å². The average Bonchev–Trinajstić information content (AvgIpc) is 2.10. The summed E-state index contributed by atoms with van der Waals surface area (Å²) in [6.45, 7) is 0.451. The van der Waals surface area contributed by atoms with E-state index in [4.69, 9.17) is 0 Å². The Bertz CT molecular complexity index is 174. The Labute approximate surface area is 58.8 Å². The molecule has 1 aliphatic carbocycles. The first-order chi connectivity index (χ1) is 4.70. The molecule has 1 spiro atoms. The lowest BCUT2D eigenvalue weighted by molar-refractivity contribution is -0.117. The third-order valence-electron chi connectivity index (χ3n) is 2.42. The van der Waals surface area contributed by atoms with Crippen LogP contribution in [0.4, 0.5) is 4.39 Å². The molecule has 3 heteroatoms. The zero-order chi connectivity index (χ0) is 7.19. The molecule has 1 saturated heterocycles. The van der Waals surface area contributed by atoms with E-state index >= 15 is 0 Å². The van der Waals surface area contributed by atoms with Crippen molar-refractivity contribution in [1.82, 2.24) is 5.32 Å². The first-order valence-electron chi connectivity index (χ1n) is 3.61. The van der Waals surface area contributed by atoms with Crippen LogP contribution >= 0.6 is 0 Å². The minimum absolute atomic E-state index is 0.115. The monoisotopic (exact) mass is 143 g/mol. The highest BCUT2D eigenvalue weighted by Gasteiger charge is 2.48. The van der Waals surface area contributed by atoms with Crippen molar-refractivity contribution in [3.05, 3.63) is 0 Å². The first kappa shape index (κ1) is 6.28. The number of hydrogen-bond donors (Lipinski definition) is 1. The van der Waals surface area contributed by atoms with Crippen molar-refractivity contribution in [1.29, 1.82) is 0 Å². The lowest BCUT2D eigenvalue weighted by atomic mass is 9.74. The highest BCUT2D eigenvalue weighted by molar-refractivity contribution is 5.84. The third-order valence-corrected chi connectivity index (χ3v) is 2.42. The van der Waals surface area contributed by atoms with Gasteiger partial charge in [-0.2, -0.15) is 0 Å². The molecule has 2 aliphatic rings. The van der Waals surface area contributed by atoms with Gasteiger partial charge in [0.15, 0.2) is 0 Å². The van der Waals surface area contributed by atoms with Gasteiger partial charge in [-0.15, -0.1) is 0 Å². The fraction of sp³-hybridized carbons (Fsp3) is 0.857. The van der Waals surface area contributed by atoms with Gasteiger partial charge >= 0.3 is 0 Å². The van der Waals surface area contributed by atoms with Gasteiger partial charge in [0, 0.05) is 12.0 Å². The average molecular weight is 143 g/mol. The molecule has 0 amide bonds. The predicted octanol–water partition coefficient (Wildman–Crippen LogP) is 0.420. The molecule has 2 fully saturated rings. The Morgan fingerprint density at radius 1 is 1.60 bits per heavy atom. The standard InChI is InChI=1S/C7H10FNO/c8-5-1-7(2-5)3-6(10)4-9-7/h5,9H,1-4H2. The third kappa shape index (κ3) is 0.770. The van der Waals surface area contributed by atoms with E-state index < -0.39 is 6.17 Å². The summed E-state index contributed by atoms with van der Waals surface area (Å²) in [4.78, 5) is 10.8. The summed E-state index contributed by atoms with van der Waals surface area (Å²) in [5.41, 5.74) is -0.115. The fourth-order valence-corrected chi connectivity index (χ4v) is 1.87. The summed E-state index contributed by atoms with van der Waals surface area (Å²) in [6, 6.07) is 0. The number of hydrogen-bond acceptors (Lipinski definition) is 2. The highest BCUT2D eigenvalue weighted by Crippen LogP contribution is 2.39. The van der Waals surface area contributed by atoms with Crippen molar-refractivity contribution < 1.29 is 9.18 Å². The number of nitrogens with one attached hydrogen (secondary N) is 1. The quantitative estimate of drug-likeness (QED) is 0.532. The van der Waals surface area contributed by atoms with Crippen LogP contribution in [0.3, 0.4) is 0 Å². The van der Waals surface area contributed by atoms with Gasteiger partial charge in [-0.1, -0.05) is 0 Å². The van der Waals surface area contributed by atoms with Crippen LogP contribution < -0.4 is 5.32 Å². The lowest BCUT2D eigenvalue weighted by Crippen LogP contribution is -2.52. The lowest BCUT2D eigenvalue weighted by Gasteiger charge is -2.40. The molecular formula is C7H10FNO. The smallest absolute Gasteiger partial charge is 0.148 e. The van der Waals surface area contributed by atoms with Crippen LogP contribution in [-0.2, 0) is 4.79 Å². The number of ketones is 1. The molecule has 10 heavy (non-hydrogen) atoms. The van der Waals surface area contributed by atoms with Gasteiger partial charge in [0.1, 0.15) is 12.0 Å². The Kier molecular flexibility index (Phi) is 1.12. The molecule has 1 aliphatic heterocycles. The summed E-state index contributed by atoms with van der Waals surface area (Å²) >= 11 is 0. The number of carbonyl (C=O) groups is 1. The first-order valence-corrected chi connectivity index (χ1v) is 3.61. The second-order valence-electron chi connectivity index (χ2n) is 3.35. The number of rotatable bonds is 0. The number of carbonyl (C=O) groups excluding carboxylic acids is 1.